The molecule has 0 aliphatic heterocycles. The monoisotopic (exact) mass is 219 g/mol. The molecule has 3 heteroatoms. The van der Waals surface area contributed by atoms with Crippen LogP contribution in [0.5, 0.6) is 0 Å². The standard InChI is InChI=1S/C11H25NOS/c1-10(2)6-5-7-11(3)12-8-9-14(4)13/h10-12H,5-9H2,1-4H3. The van der Waals surface area contributed by atoms with Crippen molar-refractivity contribution in [1.29, 1.82) is 0 Å². The number of hydrogen-bond donors (Lipinski definition) is 1. The maximum Gasteiger partial charge on any atom is 0.0357 e. The third-order valence-electron chi connectivity index (χ3n) is 2.30. The van der Waals surface area contributed by atoms with Gasteiger partial charge in [-0.3, -0.25) is 4.21 Å². The van der Waals surface area contributed by atoms with E-state index in [2.05, 4.69) is 26.1 Å². The normalized spacial score (nSPS) is 15.8. The van der Waals surface area contributed by atoms with E-state index >= 15 is 0 Å². The van der Waals surface area contributed by atoms with Crippen LogP contribution in [0.4, 0.5) is 0 Å². The summed E-state index contributed by atoms with van der Waals surface area (Å²) in [6.07, 6.45) is 5.59. The summed E-state index contributed by atoms with van der Waals surface area (Å²) in [6.45, 7) is 7.61. The second-order valence-electron chi connectivity index (χ2n) is 4.46. The second kappa shape index (κ2) is 8.42. The minimum Gasteiger partial charge on any atom is -0.313 e. The number of rotatable bonds is 8. The first-order valence-corrected chi connectivity index (χ1v) is 7.28. The average molecular weight is 219 g/mol. The van der Waals surface area contributed by atoms with Gasteiger partial charge in [-0.1, -0.05) is 26.7 Å². The van der Waals surface area contributed by atoms with Gasteiger partial charge in [0, 0.05) is 35.4 Å². The molecule has 1 N–H and O–H groups in total. The van der Waals surface area contributed by atoms with E-state index in [1.165, 1.54) is 19.3 Å². The molecular weight excluding hydrogens is 194 g/mol. The molecule has 0 bridgehead atoms. The van der Waals surface area contributed by atoms with Crippen LogP contribution < -0.4 is 5.32 Å². The number of nitrogens with one attached hydrogen (secondary N) is 1. The molecule has 14 heavy (non-hydrogen) atoms. The van der Waals surface area contributed by atoms with Crippen molar-refractivity contribution < 1.29 is 4.21 Å². The highest BCUT2D eigenvalue weighted by molar-refractivity contribution is 7.84. The van der Waals surface area contributed by atoms with Crippen molar-refractivity contribution in [3.63, 3.8) is 0 Å². The first-order chi connectivity index (χ1) is 6.52. The molecule has 2 atom stereocenters. The van der Waals surface area contributed by atoms with Crippen molar-refractivity contribution in [3.8, 4) is 0 Å². The van der Waals surface area contributed by atoms with Crippen LogP contribution in [0.2, 0.25) is 0 Å². The summed E-state index contributed by atoms with van der Waals surface area (Å²) in [6, 6.07) is 0.567. The summed E-state index contributed by atoms with van der Waals surface area (Å²) >= 11 is 0. The maximum absolute atomic E-state index is 10.8. The van der Waals surface area contributed by atoms with Crippen LogP contribution in [0.15, 0.2) is 0 Å². The van der Waals surface area contributed by atoms with E-state index in [-0.39, 0.29) is 0 Å². The smallest absolute Gasteiger partial charge is 0.0357 e. The highest BCUT2D eigenvalue weighted by Crippen LogP contribution is 2.07. The fourth-order valence-corrected chi connectivity index (χ4v) is 1.79. The summed E-state index contributed by atoms with van der Waals surface area (Å²) in [5, 5.41) is 3.39. The van der Waals surface area contributed by atoms with E-state index in [0.29, 0.717) is 6.04 Å². The number of hydrogen-bond acceptors (Lipinski definition) is 2. The third-order valence-corrected chi connectivity index (χ3v) is 3.08. The van der Waals surface area contributed by atoms with Crippen LogP contribution in [0.3, 0.4) is 0 Å². The maximum atomic E-state index is 10.8. The largest absolute Gasteiger partial charge is 0.313 e. The van der Waals surface area contributed by atoms with E-state index in [0.717, 1.165) is 18.2 Å². The molecule has 0 aliphatic rings. The Balaban J connectivity index is 3.27. The molecule has 0 spiro atoms. The van der Waals surface area contributed by atoms with Gasteiger partial charge in [-0.15, -0.1) is 0 Å². The molecule has 0 saturated carbocycles. The molecule has 86 valence electrons. The van der Waals surface area contributed by atoms with Gasteiger partial charge in [0.15, 0.2) is 0 Å². The summed E-state index contributed by atoms with van der Waals surface area (Å²) in [5.41, 5.74) is 0. The zero-order valence-electron chi connectivity index (χ0n) is 10.0. The Bertz CT molecular complexity index is 159. The van der Waals surface area contributed by atoms with Crippen molar-refractivity contribution in [2.24, 2.45) is 5.92 Å². The molecule has 0 saturated heterocycles. The molecule has 0 fully saturated rings. The Morgan fingerprint density at radius 1 is 1.21 bits per heavy atom. The fraction of sp³-hybridized carbons (Fsp3) is 1.00. The molecule has 0 heterocycles. The SMILES string of the molecule is CC(C)CCCC(C)NCCS(C)=O. The molecule has 2 unspecified atom stereocenters. The molecule has 0 rings (SSSR count). The molecule has 0 aromatic carbocycles. The summed E-state index contributed by atoms with van der Waals surface area (Å²) < 4.78 is 10.8. The topological polar surface area (TPSA) is 29.1 Å². The van der Waals surface area contributed by atoms with E-state index in [9.17, 15) is 4.21 Å². The van der Waals surface area contributed by atoms with Gasteiger partial charge in [-0.2, -0.15) is 0 Å². The van der Waals surface area contributed by atoms with Crippen molar-refractivity contribution >= 4 is 10.8 Å². The fourth-order valence-electron chi connectivity index (χ4n) is 1.38. The lowest BCUT2D eigenvalue weighted by atomic mass is 10.0. The summed E-state index contributed by atoms with van der Waals surface area (Å²) in [7, 11) is -0.658. The molecule has 2 nitrogen and oxygen atoms in total. The minimum atomic E-state index is -0.658. The highest BCUT2D eigenvalue weighted by atomic mass is 32.2. The summed E-state index contributed by atoms with van der Waals surface area (Å²) in [4.78, 5) is 0. The zero-order chi connectivity index (χ0) is 11.0. The molecule has 0 aromatic heterocycles. The van der Waals surface area contributed by atoms with Gasteiger partial charge in [-0.05, 0) is 19.3 Å². The van der Waals surface area contributed by atoms with Crippen LogP contribution in [-0.4, -0.2) is 28.8 Å². The van der Waals surface area contributed by atoms with E-state index in [1.54, 1.807) is 6.26 Å². The van der Waals surface area contributed by atoms with Crippen LogP contribution >= 0.6 is 0 Å². The van der Waals surface area contributed by atoms with Crippen molar-refractivity contribution in [1.82, 2.24) is 5.32 Å². The van der Waals surface area contributed by atoms with Crippen LogP contribution in [0, 0.1) is 5.92 Å². The van der Waals surface area contributed by atoms with Crippen LogP contribution in [0.25, 0.3) is 0 Å². The zero-order valence-corrected chi connectivity index (χ0v) is 10.8. The van der Waals surface area contributed by atoms with E-state index in [4.69, 9.17) is 0 Å². The van der Waals surface area contributed by atoms with Gasteiger partial charge < -0.3 is 5.32 Å². The average Bonchev–Trinajstić information content (AvgIpc) is 2.02. The highest BCUT2D eigenvalue weighted by Gasteiger charge is 2.02. The lowest BCUT2D eigenvalue weighted by molar-refractivity contribution is 0.466. The lowest BCUT2D eigenvalue weighted by Crippen LogP contribution is -2.29. The second-order valence-corrected chi connectivity index (χ2v) is 6.01. The van der Waals surface area contributed by atoms with Crippen molar-refractivity contribution in [2.75, 3.05) is 18.6 Å². The molecule has 0 amide bonds. The first kappa shape index (κ1) is 14.1. The van der Waals surface area contributed by atoms with Crippen molar-refractivity contribution in [2.45, 2.75) is 46.1 Å². The Morgan fingerprint density at radius 2 is 1.86 bits per heavy atom. The van der Waals surface area contributed by atoms with Gasteiger partial charge in [0.05, 0.1) is 0 Å². The van der Waals surface area contributed by atoms with E-state index < -0.39 is 10.8 Å². The predicted octanol–water partition coefficient (Wildman–Crippen LogP) is 2.17. The van der Waals surface area contributed by atoms with Gasteiger partial charge >= 0.3 is 0 Å². The van der Waals surface area contributed by atoms with Crippen LogP contribution in [0.1, 0.15) is 40.0 Å². The molecule has 0 aromatic rings. The Morgan fingerprint density at radius 3 is 2.36 bits per heavy atom. The molecular formula is C11H25NOS. The van der Waals surface area contributed by atoms with Crippen LogP contribution in [-0.2, 0) is 10.8 Å². The van der Waals surface area contributed by atoms with Gasteiger partial charge in [0.1, 0.15) is 0 Å². The van der Waals surface area contributed by atoms with Gasteiger partial charge in [-0.25, -0.2) is 0 Å². The molecule has 0 radical (unpaired) electrons. The predicted molar refractivity (Wildman–Crippen MR) is 65.1 cm³/mol. The third kappa shape index (κ3) is 10.2. The quantitative estimate of drug-likeness (QED) is 0.678. The van der Waals surface area contributed by atoms with Gasteiger partial charge in [0.25, 0.3) is 0 Å². The first-order valence-electron chi connectivity index (χ1n) is 5.55. The summed E-state index contributed by atoms with van der Waals surface area (Å²) in [5.74, 6) is 1.58. The minimum absolute atomic E-state index is 0.567. The Kier molecular flexibility index (Phi) is 8.49. The Hall–Kier alpha value is 0.110. The molecule has 0 aliphatic carbocycles. The van der Waals surface area contributed by atoms with Gasteiger partial charge in [0.2, 0.25) is 0 Å². The van der Waals surface area contributed by atoms with Crippen molar-refractivity contribution in [3.05, 3.63) is 0 Å². The lowest BCUT2D eigenvalue weighted by Gasteiger charge is -2.13. The van der Waals surface area contributed by atoms with E-state index in [1.807, 2.05) is 0 Å². The Labute approximate surface area is 91.3 Å².